The molecule has 2 nitrogen and oxygen atoms in total. The quantitative estimate of drug-likeness (QED) is 0.765. The van der Waals surface area contributed by atoms with E-state index in [-0.39, 0.29) is 11.3 Å². The van der Waals surface area contributed by atoms with Crippen molar-refractivity contribution in [2.24, 2.45) is 0 Å². The van der Waals surface area contributed by atoms with E-state index in [4.69, 9.17) is 11.0 Å². The van der Waals surface area contributed by atoms with Gasteiger partial charge in [-0.05, 0) is 42.0 Å². The molecule has 2 aromatic carbocycles. The summed E-state index contributed by atoms with van der Waals surface area (Å²) in [6.45, 7) is 0. The van der Waals surface area contributed by atoms with Crippen LogP contribution in [-0.4, -0.2) is 0 Å². The predicted octanol–water partition coefficient (Wildman–Crippen LogP) is 3.09. The van der Waals surface area contributed by atoms with Crippen molar-refractivity contribution in [1.82, 2.24) is 0 Å². The van der Waals surface area contributed by atoms with Crippen LogP contribution in [0.5, 0.6) is 0 Å². The fourth-order valence-electron chi connectivity index (χ4n) is 1.61. The molecule has 0 aliphatic carbocycles. The molecule has 0 unspecified atom stereocenters. The maximum Gasteiger partial charge on any atom is 0.125 e. The summed E-state index contributed by atoms with van der Waals surface area (Å²) in [5.74, 6) is -0.981. The molecule has 2 N–H and O–H groups in total. The molecule has 0 saturated carbocycles. The number of hydrogen-bond donors (Lipinski definition) is 1. The highest BCUT2D eigenvalue weighted by atomic mass is 19.1. The maximum absolute atomic E-state index is 13.2. The SMILES string of the molecule is N#Cc1cc(F)cc(-c2ccc(F)cc2N)c1. The first-order chi connectivity index (χ1) is 8.10. The predicted molar refractivity (Wildman–Crippen MR) is 60.9 cm³/mol. The zero-order valence-electron chi connectivity index (χ0n) is 8.74. The molecule has 2 aromatic rings. The van der Waals surface area contributed by atoms with Gasteiger partial charge in [0.1, 0.15) is 11.6 Å². The van der Waals surface area contributed by atoms with Crippen molar-refractivity contribution in [1.29, 1.82) is 5.26 Å². The molecule has 0 saturated heterocycles. The van der Waals surface area contributed by atoms with Crippen LogP contribution in [0.15, 0.2) is 36.4 Å². The minimum absolute atomic E-state index is 0.198. The second-order valence-electron chi connectivity index (χ2n) is 3.57. The number of halogens is 2. The summed E-state index contributed by atoms with van der Waals surface area (Å²) in [6.07, 6.45) is 0. The third kappa shape index (κ3) is 2.23. The van der Waals surface area contributed by atoms with E-state index >= 15 is 0 Å². The molecule has 0 atom stereocenters. The lowest BCUT2D eigenvalue weighted by Gasteiger charge is -2.06. The molecular formula is C13H8F2N2. The second-order valence-corrected chi connectivity index (χ2v) is 3.57. The summed E-state index contributed by atoms with van der Waals surface area (Å²) in [4.78, 5) is 0. The molecule has 84 valence electrons. The van der Waals surface area contributed by atoms with Crippen LogP contribution in [0, 0.1) is 23.0 Å². The number of anilines is 1. The maximum atomic E-state index is 13.2. The lowest BCUT2D eigenvalue weighted by atomic mass is 10.0. The fraction of sp³-hybridized carbons (Fsp3) is 0. The van der Waals surface area contributed by atoms with Crippen molar-refractivity contribution in [2.45, 2.75) is 0 Å². The van der Waals surface area contributed by atoms with E-state index in [0.717, 1.165) is 12.1 Å². The van der Waals surface area contributed by atoms with Crippen LogP contribution in [0.3, 0.4) is 0 Å². The summed E-state index contributed by atoms with van der Waals surface area (Å²) in [5, 5.41) is 8.74. The van der Waals surface area contributed by atoms with Crippen LogP contribution in [0.4, 0.5) is 14.5 Å². The van der Waals surface area contributed by atoms with Crippen LogP contribution in [0.1, 0.15) is 5.56 Å². The van der Waals surface area contributed by atoms with E-state index < -0.39 is 11.6 Å². The Morgan fingerprint density at radius 1 is 1.00 bits per heavy atom. The number of nitrogens with two attached hydrogens (primary N) is 1. The molecule has 0 aliphatic heterocycles. The first kappa shape index (κ1) is 11.1. The minimum atomic E-state index is -0.525. The van der Waals surface area contributed by atoms with Crippen molar-refractivity contribution in [3.05, 3.63) is 53.6 Å². The van der Waals surface area contributed by atoms with Gasteiger partial charge in [-0.2, -0.15) is 5.26 Å². The third-order valence-electron chi connectivity index (χ3n) is 2.35. The monoisotopic (exact) mass is 230 g/mol. The van der Waals surface area contributed by atoms with Gasteiger partial charge in [-0.15, -0.1) is 0 Å². The Morgan fingerprint density at radius 3 is 2.41 bits per heavy atom. The number of benzene rings is 2. The van der Waals surface area contributed by atoms with Gasteiger partial charge in [0.25, 0.3) is 0 Å². The van der Waals surface area contributed by atoms with Crippen LogP contribution >= 0.6 is 0 Å². The molecule has 0 bridgehead atoms. The molecule has 0 heterocycles. The molecule has 2 rings (SSSR count). The minimum Gasteiger partial charge on any atom is -0.398 e. The van der Waals surface area contributed by atoms with Gasteiger partial charge in [0, 0.05) is 11.3 Å². The Morgan fingerprint density at radius 2 is 1.76 bits per heavy atom. The van der Waals surface area contributed by atoms with E-state index in [9.17, 15) is 8.78 Å². The van der Waals surface area contributed by atoms with E-state index in [1.807, 2.05) is 6.07 Å². The number of hydrogen-bond acceptors (Lipinski definition) is 2. The van der Waals surface area contributed by atoms with Crippen LogP contribution in [0.2, 0.25) is 0 Å². The number of nitrogen functional groups attached to an aromatic ring is 1. The molecule has 0 amide bonds. The highest BCUT2D eigenvalue weighted by molar-refractivity contribution is 5.77. The van der Waals surface area contributed by atoms with Crippen molar-refractivity contribution in [3.63, 3.8) is 0 Å². The van der Waals surface area contributed by atoms with Crippen LogP contribution in [-0.2, 0) is 0 Å². The van der Waals surface area contributed by atoms with Crippen LogP contribution < -0.4 is 5.73 Å². The standard InChI is InChI=1S/C13H8F2N2/c14-10-1-2-12(13(17)6-10)9-3-8(7-16)4-11(15)5-9/h1-6H,17H2. The average molecular weight is 230 g/mol. The van der Waals surface area contributed by atoms with Gasteiger partial charge in [0.15, 0.2) is 0 Å². The number of nitrogens with zero attached hydrogens (tertiary/aromatic N) is 1. The van der Waals surface area contributed by atoms with E-state index in [0.29, 0.717) is 11.1 Å². The van der Waals surface area contributed by atoms with Gasteiger partial charge in [-0.3, -0.25) is 0 Å². The van der Waals surface area contributed by atoms with Gasteiger partial charge in [-0.25, -0.2) is 8.78 Å². The third-order valence-corrected chi connectivity index (χ3v) is 2.35. The Labute approximate surface area is 96.9 Å². The van der Waals surface area contributed by atoms with Crippen LogP contribution in [0.25, 0.3) is 11.1 Å². The zero-order chi connectivity index (χ0) is 12.4. The van der Waals surface area contributed by atoms with E-state index in [1.165, 1.54) is 24.3 Å². The number of rotatable bonds is 1. The molecule has 0 aromatic heterocycles. The Kier molecular flexibility index (Phi) is 2.75. The lowest BCUT2D eigenvalue weighted by Crippen LogP contribution is -1.92. The fourth-order valence-corrected chi connectivity index (χ4v) is 1.61. The Balaban J connectivity index is 2.61. The lowest BCUT2D eigenvalue weighted by molar-refractivity contribution is 0.627. The molecular weight excluding hydrogens is 222 g/mol. The summed E-state index contributed by atoms with van der Waals surface area (Å²) in [5.41, 5.74) is 7.02. The van der Waals surface area contributed by atoms with E-state index in [2.05, 4.69) is 0 Å². The second kappa shape index (κ2) is 4.22. The smallest absolute Gasteiger partial charge is 0.125 e. The van der Waals surface area contributed by atoms with Gasteiger partial charge >= 0.3 is 0 Å². The average Bonchev–Trinajstić information content (AvgIpc) is 2.28. The summed E-state index contributed by atoms with van der Waals surface area (Å²) in [6, 6.07) is 9.60. The topological polar surface area (TPSA) is 49.8 Å². The highest BCUT2D eigenvalue weighted by Gasteiger charge is 2.07. The van der Waals surface area contributed by atoms with E-state index in [1.54, 1.807) is 0 Å². The van der Waals surface area contributed by atoms with Gasteiger partial charge < -0.3 is 5.73 Å². The first-order valence-corrected chi connectivity index (χ1v) is 4.86. The zero-order valence-corrected chi connectivity index (χ0v) is 8.74. The summed E-state index contributed by atoms with van der Waals surface area (Å²) >= 11 is 0. The molecule has 0 fully saturated rings. The normalized spacial score (nSPS) is 9.94. The Hall–Kier alpha value is -2.41. The molecule has 0 aliphatic rings. The van der Waals surface area contributed by atoms with Gasteiger partial charge in [0.05, 0.1) is 11.6 Å². The molecule has 0 spiro atoms. The van der Waals surface area contributed by atoms with Gasteiger partial charge in [-0.1, -0.05) is 0 Å². The largest absolute Gasteiger partial charge is 0.398 e. The molecule has 0 radical (unpaired) electrons. The summed E-state index contributed by atoms with van der Waals surface area (Å²) in [7, 11) is 0. The number of nitriles is 1. The Bertz CT molecular complexity index is 615. The summed E-state index contributed by atoms with van der Waals surface area (Å²) < 4.78 is 26.1. The van der Waals surface area contributed by atoms with Crippen molar-refractivity contribution in [2.75, 3.05) is 5.73 Å². The molecule has 17 heavy (non-hydrogen) atoms. The highest BCUT2D eigenvalue weighted by Crippen LogP contribution is 2.27. The van der Waals surface area contributed by atoms with Crippen molar-refractivity contribution in [3.8, 4) is 17.2 Å². The first-order valence-electron chi connectivity index (χ1n) is 4.86. The van der Waals surface area contributed by atoms with Crippen molar-refractivity contribution < 1.29 is 8.78 Å². The van der Waals surface area contributed by atoms with Gasteiger partial charge in [0.2, 0.25) is 0 Å². The van der Waals surface area contributed by atoms with Crippen molar-refractivity contribution >= 4 is 5.69 Å². The molecule has 4 heteroatoms.